The minimum atomic E-state index is -1.08. The summed E-state index contributed by atoms with van der Waals surface area (Å²) < 4.78 is 10.2. The average molecular weight is 279 g/mol. The summed E-state index contributed by atoms with van der Waals surface area (Å²) in [7, 11) is 2.96. The maximum Gasteiger partial charge on any atom is 0.321 e. The molecule has 0 fully saturated rings. The molecule has 1 aromatic rings. The van der Waals surface area contributed by atoms with Crippen LogP contribution in [-0.2, 0) is 11.2 Å². The molecule has 1 rings (SSSR count). The van der Waals surface area contributed by atoms with Crippen molar-refractivity contribution in [2.75, 3.05) is 14.2 Å². The van der Waals surface area contributed by atoms with E-state index in [1.165, 1.54) is 14.2 Å². The first-order valence-electron chi connectivity index (χ1n) is 4.76. The van der Waals surface area contributed by atoms with E-state index in [-0.39, 0.29) is 6.42 Å². The van der Waals surface area contributed by atoms with Crippen LogP contribution >= 0.6 is 23.2 Å². The lowest BCUT2D eigenvalue weighted by atomic mass is 10.1. The van der Waals surface area contributed by atoms with E-state index in [0.29, 0.717) is 22.1 Å². The first kappa shape index (κ1) is 13.9. The zero-order valence-corrected chi connectivity index (χ0v) is 10.9. The fraction of sp³-hybridized carbons (Fsp3) is 0.364. The van der Waals surface area contributed by atoms with E-state index in [0.717, 1.165) is 0 Å². The summed E-state index contributed by atoms with van der Waals surface area (Å²) in [5, 5.41) is 8.14. The van der Waals surface area contributed by atoms with Crippen molar-refractivity contribution in [3.05, 3.63) is 22.7 Å². The predicted molar refractivity (Wildman–Crippen MR) is 65.5 cm³/mol. The number of carboxylic acid groups (broad SMARTS) is 1. The number of rotatable bonds is 5. The van der Waals surface area contributed by atoms with E-state index in [1.807, 2.05) is 0 Å². The molecular formula is C11H12Cl2O4. The van der Waals surface area contributed by atoms with Gasteiger partial charge >= 0.3 is 5.97 Å². The van der Waals surface area contributed by atoms with Crippen molar-refractivity contribution in [1.29, 1.82) is 0 Å². The highest BCUT2D eigenvalue weighted by Crippen LogP contribution is 2.33. The van der Waals surface area contributed by atoms with E-state index < -0.39 is 11.3 Å². The van der Waals surface area contributed by atoms with Gasteiger partial charge in [0.1, 0.15) is 16.9 Å². The van der Waals surface area contributed by atoms with Crippen molar-refractivity contribution in [3.63, 3.8) is 0 Å². The molecule has 94 valence electrons. The lowest BCUT2D eigenvalue weighted by molar-refractivity contribution is -0.136. The third-order valence-electron chi connectivity index (χ3n) is 2.22. The molecule has 6 heteroatoms. The quantitative estimate of drug-likeness (QED) is 0.842. The summed E-state index contributed by atoms with van der Waals surface area (Å²) >= 11 is 11.6. The summed E-state index contributed by atoms with van der Waals surface area (Å²) in [4.78, 5) is 10.7. The normalized spacial score (nSPS) is 12.0. The summed E-state index contributed by atoms with van der Waals surface area (Å²) in [6.45, 7) is 0. The van der Waals surface area contributed by atoms with Crippen LogP contribution in [0.15, 0.2) is 12.1 Å². The molecule has 0 radical (unpaired) electrons. The molecule has 0 aliphatic heterocycles. The fourth-order valence-electron chi connectivity index (χ4n) is 1.36. The number of ether oxygens (including phenoxy) is 2. The summed E-state index contributed by atoms with van der Waals surface area (Å²) in [6, 6.07) is 3.20. The molecule has 4 nitrogen and oxygen atoms in total. The first-order chi connectivity index (χ1) is 7.99. The van der Waals surface area contributed by atoms with Crippen LogP contribution in [0.4, 0.5) is 0 Å². The van der Waals surface area contributed by atoms with E-state index in [9.17, 15) is 4.79 Å². The zero-order chi connectivity index (χ0) is 13.0. The van der Waals surface area contributed by atoms with Gasteiger partial charge < -0.3 is 14.6 Å². The minimum absolute atomic E-state index is 0.133. The van der Waals surface area contributed by atoms with Gasteiger partial charge in [-0.1, -0.05) is 11.6 Å². The highest BCUT2D eigenvalue weighted by Gasteiger charge is 2.18. The van der Waals surface area contributed by atoms with Crippen LogP contribution in [0.3, 0.4) is 0 Å². The second kappa shape index (κ2) is 5.98. The first-order valence-corrected chi connectivity index (χ1v) is 5.58. The molecule has 0 heterocycles. The van der Waals surface area contributed by atoms with E-state index in [2.05, 4.69) is 0 Å². The maximum atomic E-state index is 10.7. The van der Waals surface area contributed by atoms with Crippen LogP contribution in [0.25, 0.3) is 0 Å². The van der Waals surface area contributed by atoms with Gasteiger partial charge in [0.05, 0.1) is 19.2 Å². The Kier molecular flexibility index (Phi) is 4.90. The molecule has 0 spiro atoms. The number of hydrogen-bond donors (Lipinski definition) is 1. The molecular weight excluding hydrogens is 267 g/mol. The minimum Gasteiger partial charge on any atom is -0.496 e. The van der Waals surface area contributed by atoms with Gasteiger partial charge in [-0.25, -0.2) is 0 Å². The Hall–Kier alpha value is -1.13. The Bertz CT molecular complexity index is 420. The van der Waals surface area contributed by atoms with Crippen molar-refractivity contribution in [1.82, 2.24) is 0 Å². The second-order valence-corrected chi connectivity index (χ2v) is 4.24. The van der Waals surface area contributed by atoms with Gasteiger partial charge in [-0.2, -0.15) is 0 Å². The number of carbonyl (C=O) groups is 1. The van der Waals surface area contributed by atoms with Gasteiger partial charge in [0.25, 0.3) is 0 Å². The lowest BCUT2D eigenvalue weighted by Crippen LogP contribution is -2.16. The monoisotopic (exact) mass is 278 g/mol. The van der Waals surface area contributed by atoms with Crippen molar-refractivity contribution >= 4 is 29.2 Å². The lowest BCUT2D eigenvalue weighted by Gasteiger charge is -2.13. The van der Waals surface area contributed by atoms with Crippen LogP contribution in [0.5, 0.6) is 11.5 Å². The van der Waals surface area contributed by atoms with Gasteiger partial charge in [0.2, 0.25) is 0 Å². The molecule has 0 saturated carbocycles. The Labute approximate surface area is 109 Å². The number of alkyl halides is 1. The summed E-state index contributed by atoms with van der Waals surface area (Å²) in [5.41, 5.74) is 0.635. The smallest absolute Gasteiger partial charge is 0.321 e. The predicted octanol–water partition coefficient (Wildman–Crippen LogP) is 2.59. The Morgan fingerprint density at radius 3 is 2.41 bits per heavy atom. The van der Waals surface area contributed by atoms with E-state index >= 15 is 0 Å². The highest BCUT2D eigenvalue weighted by molar-refractivity contribution is 6.32. The van der Waals surface area contributed by atoms with Gasteiger partial charge in [0.15, 0.2) is 0 Å². The van der Waals surface area contributed by atoms with Crippen molar-refractivity contribution < 1.29 is 19.4 Å². The number of aliphatic carboxylic acids is 1. The number of hydrogen-bond acceptors (Lipinski definition) is 3. The maximum absolute atomic E-state index is 10.7. The molecule has 17 heavy (non-hydrogen) atoms. The van der Waals surface area contributed by atoms with Crippen molar-refractivity contribution in [2.24, 2.45) is 0 Å². The van der Waals surface area contributed by atoms with Crippen LogP contribution in [0, 0.1) is 0 Å². The van der Waals surface area contributed by atoms with Crippen LogP contribution in [-0.4, -0.2) is 30.7 Å². The van der Waals surface area contributed by atoms with E-state index in [4.69, 9.17) is 37.8 Å². The molecule has 1 unspecified atom stereocenters. The van der Waals surface area contributed by atoms with Crippen molar-refractivity contribution in [2.45, 2.75) is 11.8 Å². The molecule has 1 aromatic carbocycles. The molecule has 0 bridgehead atoms. The summed E-state index contributed by atoms with van der Waals surface area (Å²) in [6.07, 6.45) is 0.133. The van der Waals surface area contributed by atoms with Crippen molar-refractivity contribution in [3.8, 4) is 11.5 Å². The van der Waals surface area contributed by atoms with E-state index in [1.54, 1.807) is 12.1 Å². The Morgan fingerprint density at radius 2 is 1.94 bits per heavy atom. The third kappa shape index (κ3) is 3.41. The van der Waals surface area contributed by atoms with Gasteiger partial charge in [0, 0.05) is 12.5 Å². The third-order valence-corrected chi connectivity index (χ3v) is 2.86. The van der Waals surface area contributed by atoms with Gasteiger partial charge in [-0.3, -0.25) is 4.79 Å². The molecule has 1 N–H and O–H groups in total. The highest BCUT2D eigenvalue weighted by atomic mass is 35.5. The van der Waals surface area contributed by atoms with Crippen LogP contribution < -0.4 is 9.47 Å². The summed E-state index contributed by atoms with van der Waals surface area (Å²) in [5.74, 6) is -0.137. The number of benzene rings is 1. The molecule has 1 atom stereocenters. The number of carboxylic acids is 1. The SMILES string of the molecule is COc1cc(CC(Cl)C(=O)O)c(OC)cc1Cl. The number of halogens is 2. The van der Waals surface area contributed by atoms with Crippen LogP contribution in [0.1, 0.15) is 5.56 Å². The topological polar surface area (TPSA) is 55.8 Å². The number of methoxy groups -OCH3 is 2. The zero-order valence-electron chi connectivity index (χ0n) is 9.37. The molecule has 0 aliphatic carbocycles. The molecule has 0 amide bonds. The van der Waals surface area contributed by atoms with Crippen LogP contribution in [0.2, 0.25) is 5.02 Å². The fourth-order valence-corrected chi connectivity index (χ4v) is 1.76. The average Bonchev–Trinajstić information content (AvgIpc) is 2.30. The Morgan fingerprint density at radius 1 is 1.35 bits per heavy atom. The standard InChI is InChI=1S/C11H12Cl2O4/c1-16-9-5-7(12)10(17-2)4-6(9)3-8(13)11(14)15/h4-5,8H,3H2,1-2H3,(H,14,15). The molecule has 0 aromatic heterocycles. The molecule has 0 saturated heterocycles. The largest absolute Gasteiger partial charge is 0.496 e. The molecule has 0 aliphatic rings. The van der Waals surface area contributed by atoms with Gasteiger partial charge in [-0.05, 0) is 11.6 Å². The van der Waals surface area contributed by atoms with Gasteiger partial charge in [-0.15, -0.1) is 11.6 Å². The second-order valence-electron chi connectivity index (χ2n) is 3.31. The Balaban J connectivity index is 3.08.